The third-order valence-corrected chi connectivity index (χ3v) is 5.37. The smallest absolute Gasteiger partial charge is 0.272 e. The number of piperidine rings is 2. The Labute approximate surface area is 175 Å². The van der Waals surface area contributed by atoms with E-state index in [2.05, 4.69) is 15.7 Å². The molecule has 0 bridgehead atoms. The van der Waals surface area contributed by atoms with Gasteiger partial charge in [0.15, 0.2) is 0 Å². The van der Waals surface area contributed by atoms with Gasteiger partial charge in [0.25, 0.3) is 5.91 Å². The van der Waals surface area contributed by atoms with Crippen LogP contribution in [0.2, 0.25) is 0 Å². The fraction of sp³-hybridized carbons (Fsp3) is 0.450. The van der Waals surface area contributed by atoms with Crippen LogP contribution in [0.15, 0.2) is 36.5 Å². The molecule has 2 N–H and O–H groups in total. The maximum absolute atomic E-state index is 14.1. The largest absolute Gasteiger partial charge is 0.339 e. The van der Waals surface area contributed by atoms with Crippen molar-refractivity contribution in [1.29, 1.82) is 0 Å². The van der Waals surface area contributed by atoms with E-state index in [4.69, 9.17) is 0 Å². The van der Waals surface area contributed by atoms with Gasteiger partial charge in [-0.05, 0) is 50.4 Å². The average molecular weight is 422 g/mol. The molecule has 2 aromatic rings. The lowest BCUT2D eigenvalue weighted by Gasteiger charge is -2.32. The van der Waals surface area contributed by atoms with Gasteiger partial charge in [-0.2, -0.15) is 5.10 Å². The van der Waals surface area contributed by atoms with Crippen LogP contribution < -0.4 is 15.5 Å². The molecule has 2 saturated heterocycles. The highest BCUT2D eigenvalue weighted by molar-refractivity contribution is 6.02. The highest BCUT2D eigenvalue weighted by Crippen LogP contribution is 2.24. The first kappa shape index (κ1) is 21.3. The second kappa shape index (κ2) is 9.37. The number of hydrogen-bond acceptors (Lipinski definition) is 4. The van der Waals surface area contributed by atoms with Gasteiger partial charge >= 0.3 is 0 Å². The van der Waals surface area contributed by atoms with E-state index in [-0.39, 0.29) is 36.0 Å². The summed E-state index contributed by atoms with van der Waals surface area (Å²) < 4.78 is 15.9. The second-order valence-electron chi connectivity index (χ2n) is 7.29. The Morgan fingerprint density at radius 3 is 2.79 bits per heavy atom. The van der Waals surface area contributed by atoms with Crippen LogP contribution in [0.1, 0.15) is 42.2 Å². The molecule has 3 heterocycles. The van der Waals surface area contributed by atoms with Crippen LogP contribution in [-0.2, 0) is 4.79 Å². The molecule has 0 saturated carbocycles. The van der Waals surface area contributed by atoms with Crippen LogP contribution in [0.3, 0.4) is 0 Å². The number of para-hydroxylation sites is 1. The molecule has 2 aliphatic heterocycles. The normalized spacial score (nSPS) is 22.1. The van der Waals surface area contributed by atoms with Gasteiger partial charge < -0.3 is 15.5 Å². The van der Waals surface area contributed by atoms with Crippen molar-refractivity contribution in [3.63, 3.8) is 0 Å². The summed E-state index contributed by atoms with van der Waals surface area (Å²) in [5, 5.41) is 10.5. The third-order valence-electron chi connectivity index (χ3n) is 5.37. The van der Waals surface area contributed by atoms with Gasteiger partial charge in [0, 0.05) is 19.3 Å². The lowest BCUT2D eigenvalue weighted by molar-refractivity contribution is -0.121. The zero-order chi connectivity index (χ0) is 19.5. The first-order valence-corrected chi connectivity index (χ1v) is 9.76. The van der Waals surface area contributed by atoms with Crippen molar-refractivity contribution in [3.05, 3.63) is 48.0 Å². The summed E-state index contributed by atoms with van der Waals surface area (Å²) in [6, 6.07) is 7.43. The van der Waals surface area contributed by atoms with Gasteiger partial charge in [-0.3, -0.25) is 14.3 Å². The van der Waals surface area contributed by atoms with Crippen LogP contribution >= 0.6 is 12.4 Å². The quantitative estimate of drug-likeness (QED) is 0.793. The lowest BCUT2D eigenvalue weighted by Crippen LogP contribution is -2.52. The summed E-state index contributed by atoms with van der Waals surface area (Å²) in [5.74, 6) is -1.11. The summed E-state index contributed by atoms with van der Waals surface area (Å²) in [7, 11) is 0. The SMILES string of the molecule is Cl.O=C(NC1CCCN(c2ccccc2F)C1=O)c1ccn(C2CCCNC2)n1. The average Bonchev–Trinajstić information content (AvgIpc) is 3.21. The minimum absolute atomic E-state index is 0. The molecule has 1 aromatic carbocycles. The van der Waals surface area contributed by atoms with E-state index in [1.165, 1.54) is 11.0 Å². The Morgan fingerprint density at radius 2 is 2.03 bits per heavy atom. The Kier molecular flexibility index (Phi) is 6.87. The number of nitrogens with zero attached hydrogens (tertiary/aromatic N) is 3. The molecule has 2 amide bonds. The first-order valence-electron chi connectivity index (χ1n) is 9.76. The van der Waals surface area contributed by atoms with Crippen molar-refractivity contribution < 1.29 is 14.0 Å². The van der Waals surface area contributed by atoms with E-state index in [1.54, 1.807) is 30.5 Å². The maximum atomic E-state index is 14.1. The molecule has 0 spiro atoms. The van der Waals surface area contributed by atoms with E-state index >= 15 is 0 Å². The fourth-order valence-electron chi connectivity index (χ4n) is 3.87. The predicted octanol–water partition coefficient (Wildman–Crippen LogP) is 2.29. The molecule has 4 rings (SSSR count). The number of benzene rings is 1. The number of amides is 2. The van der Waals surface area contributed by atoms with E-state index in [1.807, 2.05) is 4.68 Å². The van der Waals surface area contributed by atoms with Gasteiger partial charge in [0.05, 0.1) is 11.7 Å². The maximum Gasteiger partial charge on any atom is 0.272 e. The number of aromatic nitrogens is 2. The Hall–Kier alpha value is -2.45. The molecule has 0 aliphatic carbocycles. The van der Waals surface area contributed by atoms with Crippen LogP contribution in [0.25, 0.3) is 0 Å². The number of halogens is 2. The van der Waals surface area contributed by atoms with E-state index < -0.39 is 11.9 Å². The Morgan fingerprint density at radius 1 is 1.21 bits per heavy atom. The number of hydrogen-bond donors (Lipinski definition) is 2. The highest BCUT2D eigenvalue weighted by atomic mass is 35.5. The molecule has 156 valence electrons. The Bertz CT molecular complexity index is 868. The van der Waals surface area contributed by atoms with Crippen LogP contribution in [0.4, 0.5) is 10.1 Å². The fourth-order valence-corrected chi connectivity index (χ4v) is 3.87. The van der Waals surface area contributed by atoms with E-state index in [0.717, 1.165) is 25.9 Å². The third kappa shape index (κ3) is 4.59. The van der Waals surface area contributed by atoms with Crippen LogP contribution in [0, 0.1) is 5.82 Å². The molecule has 29 heavy (non-hydrogen) atoms. The molecule has 2 fully saturated rings. The lowest BCUT2D eigenvalue weighted by atomic mass is 10.0. The molecule has 1 aromatic heterocycles. The van der Waals surface area contributed by atoms with Crippen molar-refractivity contribution in [2.24, 2.45) is 0 Å². The minimum atomic E-state index is -0.678. The van der Waals surface area contributed by atoms with Crippen molar-refractivity contribution in [2.45, 2.75) is 37.8 Å². The zero-order valence-corrected chi connectivity index (χ0v) is 16.8. The first-order chi connectivity index (χ1) is 13.6. The predicted molar refractivity (Wildman–Crippen MR) is 110 cm³/mol. The topological polar surface area (TPSA) is 79.3 Å². The minimum Gasteiger partial charge on any atom is -0.339 e. The van der Waals surface area contributed by atoms with E-state index in [9.17, 15) is 14.0 Å². The summed E-state index contributed by atoms with van der Waals surface area (Å²) >= 11 is 0. The summed E-state index contributed by atoms with van der Waals surface area (Å²) in [4.78, 5) is 26.8. The highest BCUT2D eigenvalue weighted by Gasteiger charge is 2.32. The summed E-state index contributed by atoms with van der Waals surface area (Å²) in [6.07, 6.45) is 5.12. The van der Waals surface area contributed by atoms with E-state index in [0.29, 0.717) is 25.1 Å². The molecule has 0 radical (unpaired) electrons. The van der Waals surface area contributed by atoms with Gasteiger partial charge in [0.1, 0.15) is 17.6 Å². The van der Waals surface area contributed by atoms with Crippen molar-refractivity contribution in [3.8, 4) is 0 Å². The monoisotopic (exact) mass is 421 g/mol. The molecular formula is C20H25ClFN5O2. The standard InChI is InChI=1S/C20H24FN5O2.ClH/c21-15-6-1-2-8-18(15)25-11-4-7-17(20(25)28)23-19(27)16-9-12-26(24-16)14-5-3-10-22-13-14;/h1-2,6,8-9,12,14,17,22H,3-5,7,10-11,13H2,(H,23,27);1H. The summed E-state index contributed by atoms with van der Waals surface area (Å²) in [5.41, 5.74) is 0.543. The molecule has 9 heteroatoms. The van der Waals surface area contributed by atoms with Gasteiger partial charge in [-0.1, -0.05) is 12.1 Å². The molecule has 2 unspecified atom stereocenters. The van der Waals surface area contributed by atoms with Crippen LogP contribution in [0.5, 0.6) is 0 Å². The molecule has 7 nitrogen and oxygen atoms in total. The Balaban J connectivity index is 0.00000240. The van der Waals surface area contributed by atoms with Crippen molar-refractivity contribution in [2.75, 3.05) is 24.5 Å². The number of rotatable bonds is 4. The number of nitrogens with one attached hydrogen (secondary N) is 2. The van der Waals surface area contributed by atoms with Gasteiger partial charge in [-0.15, -0.1) is 12.4 Å². The summed E-state index contributed by atoms with van der Waals surface area (Å²) in [6.45, 7) is 2.28. The molecule has 2 atom stereocenters. The van der Waals surface area contributed by atoms with Gasteiger partial charge in [-0.25, -0.2) is 4.39 Å². The number of anilines is 1. The molecular weight excluding hydrogens is 397 g/mol. The number of carbonyl (C=O) groups is 2. The molecule has 2 aliphatic rings. The van der Waals surface area contributed by atoms with Gasteiger partial charge in [0.2, 0.25) is 5.91 Å². The van der Waals surface area contributed by atoms with Crippen molar-refractivity contribution >= 4 is 29.9 Å². The van der Waals surface area contributed by atoms with Crippen LogP contribution in [-0.4, -0.2) is 47.3 Å². The second-order valence-corrected chi connectivity index (χ2v) is 7.29. The zero-order valence-electron chi connectivity index (χ0n) is 16.0. The number of carbonyl (C=O) groups excluding carboxylic acids is 2. The van der Waals surface area contributed by atoms with Crippen molar-refractivity contribution in [1.82, 2.24) is 20.4 Å².